The Labute approximate surface area is 122 Å². The van der Waals surface area contributed by atoms with Crippen LogP contribution in [0.15, 0.2) is 24.3 Å². The highest BCUT2D eigenvalue weighted by Crippen LogP contribution is 2.21. The van der Waals surface area contributed by atoms with Gasteiger partial charge in [0, 0.05) is 18.3 Å². The third kappa shape index (κ3) is 2.93. The zero-order chi connectivity index (χ0) is 14.7. The van der Waals surface area contributed by atoms with Gasteiger partial charge in [0.15, 0.2) is 0 Å². The predicted octanol–water partition coefficient (Wildman–Crippen LogP) is 3.55. The standard InChI is InChI=1S/C17H25N3/c1-6-16-13(4)19-20(14(16)5)17-10-8-7-9-15(17)11-18-12(2)3/h7-10,12,18H,6,11H2,1-5H3. The molecule has 0 atom stereocenters. The van der Waals surface area contributed by atoms with E-state index in [0.717, 1.165) is 18.7 Å². The van der Waals surface area contributed by atoms with Crippen molar-refractivity contribution in [2.75, 3.05) is 0 Å². The molecule has 3 nitrogen and oxygen atoms in total. The van der Waals surface area contributed by atoms with E-state index in [1.54, 1.807) is 0 Å². The first-order valence-corrected chi connectivity index (χ1v) is 7.41. The van der Waals surface area contributed by atoms with E-state index in [4.69, 9.17) is 5.10 Å². The molecular formula is C17H25N3. The molecule has 20 heavy (non-hydrogen) atoms. The quantitative estimate of drug-likeness (QED) is 0.901. The van der Waals surface area contributed by atoms with E-state index in [0.29, 0.717) is 6.04 Å². The summed E-state index contributed by atoms with van der Waals surface area (Å²) in [5.74, 6) is 0. The number of hydrogen-bond donors (Lipinski definition) is 1. The predicted molar refractivity (Wildman–Crippen MR) is 84.4 cm³/mol. The molecule has 0 aliphatic carbocycles. The van der Waals surface area contributed by atoms with Gasteiger partial charge < -0.3 is 5.32 Å². The van der Waals surface area contributed by atoms with Crippen LogP contribution in [0, 0.1) is 13.8 Å². The van der Waals surface area contributed by atoms with Gasteiger partial charge in [-0.15, -0.1) is 0 Å². The van der Waals surface area contributed by atoms with Crippen LogP contribution < -0.4 is 5.32 Å². The zero-order valence-corrected chi connectivity index (χ0v) is 13.2. The van der Waals surface area contributed by atoms with Gasteiger partial charge in [0.2, 0.25) is 0 Å². The molecule has 0 amide bonds. The minimum absolute atomic E-state index is 0.481. The Balaban J connectivity index is 2.42. The van der Waals surface area contributed by atoms with Crippen LogP contribution in [0.1, 0.15) is 43.3 Å². The largest absolute Gasteiger partial charge is 0.310 e. The van der Waals surface area contributed by atoms with E-state index < -0.39 is 0 Å². The number of aromatic nitrogens is 2. The van der Waals surface area contributed by atoms with Gasteiger partial charge in [-0.05, 0) is 37.5 Å². The van der Waals surface area contributed by atoms with E-state index >= 15 is 0 Å². The lowest BCUT2D eigenvalue weighted by Crippen LogP contribution is -2.22. The number of nitrogens with one attached hydrogen (secondary N) is 1. The van der Waals surface area contributed by atoms with Crippen LogP contribution in [0.2, 0.25) is 0 Å². The van der Waals surface area contributed by atoms with Gasteiger partial charge in [-0.25, -0.2) is 4.68 Å². The lowest BCUT2D eigenvalue weighted by Gasteiger charge is -2.14. The first-order chi connectivity index (χ1) is 9.54. The second-order valence-electron chi connectivity index (χ2n) is 5.58. The number of rotatable bonds is 5. The molecule has 0 radical (unpaired) electrons. The van der Waals surface area contributed by atoms with Crippen molar-refractivity contribution in [1.29, 1.82) is 0 Å². The molecule has 1 aromatic heterocycles. The number of benzene rings is 1. The summed E-state index contributed by atoms with van der Waals surface area (Å²) in [6, 6.07) is 8.97. The molecule has 0 saturated heterocycles. The van der Waals surface area contributed by atoms with E-state index in [1.807, 2.05) is 0 Å². The topological polar surface area (TPSA) is 29.9 Å². The average Bonchev–Trinajstić information content (AvgIpc) is 2.71. The summed E-state index contributed by atoms with van der Waals surface area (Å²) in [5.41, 5.74) is 6.21. The molecule has 0 aliphatic heterocycles. The molecule has 0 saturated carbocycles. The molecule has 0 bridgehead atoms. The molecule has 0 spiro atoms. The van der Waals surface area contributed by atoms with Crippen molar-refractivity contribution in [3.63, 3.8) is 0 Å². The Kier molecular flexibility index (Phi) is 4.61. The third-order valence-corrected chi connectivity index (χ3v) is 3.72. The Morgan fingerprint density at radius 1 is 1.20 bits per heavy atom. The van der Waals surface area contributed by atoms with Crippen molar-refractivity contribution in [1.82, 2.24) is 15.1 Å². The van der Waals surface area contributed by atoms with Gasteiger partial charge in [0.1, 0.15) is 0 Å². The molecule has 1 heterocycles. The molecule has 108 valence electrons. The highest BCUT2D eigenvalue weighted by atomic mass is 15.3. The van der Waals surface area contributed by atoms with Gasteiger partial charge in [-0.1, -0.05) is 39.0 Å². The Bertz CT molecular complexity index is 582. The smallest absolute Gasteiger partial charge is 0.0693 e. The minimum Gasteiger partial charge on any atom is -0.310 e. The monoisotopic (exact) mass is 271 g/mol. The van der Waals surface area contributed by atoms with Crippen LogP contribution in [0.5, 0.6) is 0 Å². The van der Waals surface area contributed by atoms with Crippen molar-refractivity contribution in [3.8, 4) is 5.69 Å². The van der Waals surface area contributed by atoms with Crippen molar-refractivity contribution in [2.45, 2.75) is 53.6 Å². The summed E-state index contributed by atoms with van der Waals surface area (Å²) >= 11 is 0. The summed E-state index contributed by atoms with van der Waals surface area (Å²) in [7, 11) is 0. The van der Waals surface area contributed by atoms with E-state index in [-0.39, 0.29) is 0 Å². The molecule has 1 aromatic carbocycles. The van der Waals surface area contributed by atoms with Gasteiger partial charge >= 0.3 is 0 Å². The molecule has 0 fully saturated rings. The van der Waals surface area contributed by atoms with E-state index in [1.165, 1.54) is 22.5 Å². The molecule has 0 unspecified atom stereocenters. The maximum absolute atomic E-state index is 4.73. The van der Waals surface area contributed by atoms with Gasteiger partial charge in [0.05, 0.1) is 11.4 Å². The highest BCUT2D eigenvalue weighted by molar-refractivity contribution is 5.43. The molecule has 1 N–H and O–H groups in total. The van der Waals surface area contributed by atoms with Crippen molar-refractivity contribution >= 4 is 0 Å². The first-order valence-electron chi connectivity index (χ1n) is 7.41. The minimum atomic E-state index is 0.481. The van der Waals surface area contributed by atoms with Crippen LogP contribution in [0.4, 0.5) is 0 Å². The summed E-state index contributed by atoms with van der Waals surface area (Å²) in [4.78, 5) is 0. The van der Waals surface area contributed by atoms with Crippen LogP contribution in [0.25, 0.3) is 5.69 Å². The number of para-hydroxylation sites is 1. The fraction of sp³-hybridized carbons (Fsp3) is 0.471. The lowest BCUT2D eigenvalue weighted by atomic mass is 10.1. The Morgan fingerprint density at radius 2 is 1.90 bits per heavy atom. The zero-order valence-electron chi connectivity index (χ0n) is 13.2. The fourth-order valence-corrected chi connectivity index (χ4v) is 2.60. The summed E-state index contributed by atoms with van der Waals surface area (Å²) < 4.78 is 2.09. The van der Waals surface area contributed by atoms with E-state index in [9.17, 15) is 0 Å². The van der Waals surface area contributed by atoms with Gasteiger partial charge in [-0.3, -0.25) is 0 Å². The summed E-state index contributed by atoms with van der Waals surface area (Å²) in [6.07, 6.45) is 1.03. The van der Waals surface area contributed by atoms with Crippen LogP contribution >= 0.6 is 0 Å². The summed E-state index contributed by atoms with van der Waals surface area (Å²) in [5, 5.41) is 8.21. The van der Waals surface area contributed by atoms with Crippen LogP contribution in [-0.2, 0) is 13.0 Å². The second-order valence-corrected chi connectivity index (χ2v) is 5.58. The lowest BCUT2D eigenvalue weighted by molar-refractivity contribution is 0.586. The number of nitrogens with zero attached hydrogens (tertiary/aromatic N) is 2. The second kappa shape index (κ2) is 6.23. The Morgan fingerprint density at radius 3 is 2.50 bits per heavy atom. The van der Waals surface area contributed by atoms with Gasteiger partial charge in [-0.2, -0.15) is 5.10 Å². The normalized spacial score (nSPS) is 11.3. The van der Waals surface area contributed by atoms with Crippen molar-refractivity contribution < 1.29 is 0 Å². The number of hydrogen-bond acceptors (Lipinski definition) is 2. The molecule has 0 aliphatic rings. The molecule has 2 aromatic rings. The Hall–Kier alpha value is -1.61. The molecule has 2 rings (SSSR count). The maximum atomic E-state index is 4.73. The maximum Gasteiger partial charge on any atom is 0.0693 e. The van der Waals surface area contributed by atoms with Crippen LogP contribution in [0.3, 0.4) is 0 Å². The average molecular weight is 271 g/mol. The first kappa shape index (κ1) is 14.8. The SMILES string of the molecule is CCc1c(C)nn(-c2ccccc2CNC(C)C)c1C. The number of aryl methyl sites for hydroxylation is 1. The van der Waals surface area contributed by atoms with Crippen LogP contribution in [-0.4, -0.2) is 15.8 Å². The molecular weight excluding hydrogens is 246 g/mol. The molecule has 3 heteroatoms. The fourth-order valence-electron chi connectivity index (χ4n) is 2.60. The highest BCUT2D eigenvalue weighted by Gasteiger charge is 2.13. The summed E-state index contributed by atoms with van der Waals surface area (Å²) in [6.45, 7) is 11.6. The van der Waals surface area contributed by atoms with E-state index in [2.05, 4.69) is 68.9 Å². The van der Waals surface area contributed by atoms with Gasteiger partial charge in [0.25, 0.3) is 0 Å². The third-order valence-electron chi connectivity index (χ3n) is 3.72. The van der Waals surface area contributed by atoms with Crippen molar-refractivity contribution in [2.24, 2.45) is 0 Å². The van der Waals surface area contributed by atoms with Crippen molar-refractivity contribution in [3.05, 3.63) is 46.8 Å².